The van der Waals surface area contributed by atoms with Crippen LogP contribution >= 0.6 is 0 Å². The maximum absolute atomic E-state index is 11.7. The van der Waals surface area contributed by atoms with E-state index in [2.05, 4.69) is 138 Å². The van der Waals surface area contributed by atoms with E-state index in [9.17, 15) is 145 Å². The fourth-order valence-corrected chi connectivity index (χ4v) is 3.55. The SMILES string of the molecule is CC(C)(C(F)(F)F)C(F)(F)F.CC(C)(C)C(F)(F)F.CC(C)C(C)C.CCC(C)(C)C.CCC(C)(C)C.CCC(C)C.CCC(C)C(F)(F)F.CCC(C)CC.CCCC(C(F)(F)F)C(F)(F)F.CCCCC.CCCCCC(F)(F)F.CCC[C@H](C)C(F)(F)F.C[C@@H](CCC(F)(F)F)C(F)(F)F.[2H]C(C)(C)C(F)(F)F. The average Bonchev–Trinajstić information content (AvgIpc) is 0.792. The summed E-state index contributed by atoms with van der Waals surface area (Å²) in [5.41, 5.74) is -4.10. The summed E-state index contributed by atoms with van der Waals surface area (Å²) in [4.78, 5) is 0. The van der Waals surface area contributed by atoms with Gasteiger partial charge < -0.3 is 0 Å². The molecule has 0 aliphatic rings. The van der Waals surface area contributed by atoms with Gasteiger partial charge in [-0.15, -0.1) is 0 Å². The highest BCUT2D eigenvalue weighted by molar-refractivity contribution is 4.84. The van der Waals surface area contributed by atoms with Gasteiger partial charge in [-0.05, 0) is 80.5 Å². The quantitative estimate of drug-likeness (QED) is 0.107. The Hall–Kier alpha value is -2.31. The van der Waals surface area contributed by atoms with Crippen LogP contribution in [0.4, 0.5) is 145 Å². The van der Waals surface area contributed by atoms with Crippen molar-refractivity contribution in [3.05, 3.63) is 0 Å². The van der Waals surface area contributed by atoms with E-state index in [4.69, 9.17) is 1.37 Å². The van der Waals surface area contributed by atoms with Crippen molar-refractivity contribution in [2.45, 2.75) is 425 Å². The molecule has 3 atom stereocenters. The van der Waals surface area contributed by atoms with Crippen LogP contribution in [0.1, 0.15) is 359 Å². The Morgan fingerprint density at radius 3 is 0.573 bits per heavy atom. The van der Waals surface area contributed by atoms with E-state index in [0.717, 1.165) is 71.6 Å². The van der Waals surface area contributed by atoms with Crippen LogP contribution in [0.3, 0.4) is 0 Å². The lowest BCUT2D eigenvalue weighted by atomic mass is 9.92. The van der Waals surface area contributed by atoms with E-state index in [1.807, 2.05) is 6.92 Å². The lowest BCUT2D eigenvalue weighted by molar-refractivity contribution is -0.327. The fraction of sp³-hybridized carbons (Fsp3) is 1.00. The Balaban J connectivity index is -0.0000000767. The number of rotatable bonds is 16. The van der Waals surface area contributed by atoms with E-state index in [-0.39, 0.29) is 39.5 Å². The highest BCUT2D eigenvalue weighted by Crippen LogP contribution is 2.49. The normalized spacial score (nSPS) is 13.6. The van der Waals surface area contributed by atoms with Crippen LogP contribution in [-0.4, -0.2) is 67.9 Å². The summed E-state index contributed by atoms with van der Waals surface area (Å²) in [6.07, 6.45) is -40.8. The summed E-state index contributed by atoms with van der Waals surface area (Å²) < 4.78 is 388. The minimum absolute atomic E-state index is 0.104. The van der Waals surface area contributed by atoms with Crippen molar-refractivity contribution >= 4 is 0 Å². The van der Waals surface area contributed by atoms with Gasteiger partial charge in [0.05, 0.1) is 23.2 Å². The first-order valence-corrected chi connectivity index (χ1v) is 37.3. The maximum Gasteiger partial charge on any atom is 0.402 e. The van der Waals surface area contributed by atoms with Gasteiger partial charge in [0.1, 0.15) is 0 Å². The third kappa shape index (κ3) is 119. The summed E-state index contributed by atoms with van der Waals surface area (Å²) in [6.45, 7) is 59.5. The zero-order valence-electron chi connectivity index (χ0n) is 73.5. The minimum atomic E-state index is -5.24. The Bertz CT molecular complexity index is 1830. The third-order valence-corrected chi connectivity index (χ3v) is 15.5. The number of alkyl halides is 33. The van der Waals surface area contributed by atoms with Crippen LogP contribution in [0.5, 0.6) is 0 Å². The first kappa shape index (κ1) is 137. The van der Waals surface area contributed by atoms with Crippen molar-refractivity contribution in [1.29, 1.82) is 0 Å². The summed E-state index contributed by atoms with van der Waals surface area (Å²) in [5.74, 6) is -6.14. The van der Waals surface area contributed by atoms with Crippen LogP contribution < -0.4 is 0 Å². The third-order valence-electron chi connectivity index (χ3n) is 15.5. The minimum Gasteiger partial charge on any atom is -0.171 e. The molecule has 1 unspecified atom stereocenters. The number of hydrogen-bond acceptors (Lipinski definition) is 0. The highest BCUT2D eigenvalue weighted by Gasteiger charge is 2.64. The molecule has 0 rings (SSSR count). The molecule has 0 aliphatic heterocycles. The van der Waals surface area contributed by atoms with Crippen LogP contribution in [0, 0.1) is 74.9 Å². The predicted molar refractivity (Wildman–Crippen MR) is 388 cm³/mol. The van der Waals surface area contributed by atoms with Gasteiger partial charge in [-0.25, -0.2) is 0 Å². The van der Waals surface area contributed by atoms with Gasteiger partial charge in [-0.2, -0.15) is 145 Å². The highest BCUT2D eigenvalue weighted by atomic mass is 19.5. The van der Waals surface area contributed by atoms with Gasteiger partial charge in [-0.1, -0.05) is 299 Å². The molecule has 0 aliphatic carbocycles. The molecule has 110 heavy (non-hydrogen) atoms. The monoisotopic (exact) mass is 1700 g/mol. The molecule has 0 aromatic rings. The Labute approximate surface area is 644 Å². The molecule has 33 heteroatoms. The molecule has 0 fully saturated rings. The van der Waals surface area contributed by atoms with Gasteiger partial charge >= 0.3 is 67.9 Å². The van der Waals surface area contributed by atoms with Crippen LogP contribution in [0.2, 0.25) is 0 Å². The van der Waals surface area contributed by atoms with Crippen LogP contribution in [0.15, 0.2) is 0 Å². The predicted octanol–water partition coefficient (Wildman–Crippen LogP) is 37.6. The Morgan fingerprint density at radius 2 is 0.500 bits per heavy atom. The van der Waals surface area contributed by atoms with Gasteiger partial charge in [0.15, 0.2) is 11.3 Å². The molecular weight excluding hydrogens is 1550 g/mol. The first-order valence-electron chi connectivity index (χ1n) is 37.8. The van der Waals surface area contributed by atoms with Crippen molar-refractivity contribution in [2.24, 2.45) is 74.9 Å². The average molecular weight is 1700 g/mol. The zero-order valence-corrected chi connectivity index (χ0v) is 72.5. The van der Waals surface area contributed by atoms with Crippen LogP contribution in [-0.2, 0) is 0 Å². The van der Waals surface area contributed by atoms with Crippen molar-refractivity contribution in [1.82, 2.24) is 0 Å². The topological polar surface area (TPSA) is 0 Å². The summed E-state index contributed by atoms with van der Waals surface area (Å²) >= 11 is 0. The number of halogens is 33. The largest absolute Gasteiger partial charge is 0.402 e. The lowest BCUT2D eigenvalue weighted by Gasteiger charge is -2.29. The van der Waals surface area contributed by atoms with Crippen molar-refractivity contribution in [3.8, 4) is 0 Å². The Kier molecular flexibility index (Phi) is 82.9. The molecule has 0 radical (unpaired) electrons. The summed E-state index contributed by atoms with van der Waals surface area (Å²) in [5, 5.41) is 0. The summed E-state index contributed by atoms with van der Waals surface area (Å²) in [7, 11) is 0. The van der Waals surface area contributed by atoms with Crippen molar-refractivity contribution in [2.75, 3.05) is 0 Å². The summed E-state index contributed by atoms with van der Waals surface area (Å²) in [6, 6.07) is 0. The lowest BCUT2D eigenvalue weighted by Crippen LogP contribution is -2.44. The van der Waals surface area contributed by atoms with E-state index >= 15 is 0 Å². The molecule has 0 saturated heterocycles. The first-order chi connectivity index (χ1) is 48.1. The van der Waals surface area contributed by atoms with Crippen molar-refractivity contribution in [3.63, 3.8) is 0 Å². The number of unbranched alkanes of at least 4 members (excludes halogenated alkanes) is 4. The second-order valence-corrected chi connectivity index (χ2v) is 31.4. The van der Waals surface area contributed by atoms with E-state index in [0.29, 0.717) is 23.7 Å². The zero-order chi connectivity index (χ0) is 94.1. The van der Waals surface area contributed by atoms with E-state index in [1.165, 1.54) is 79.1 Å². The molecule has 0 amide bonds. The fourth-order valence-electron chi connectivity index (χ4n) is 3.55. The van der Waals surface area contributed by atoms with E-state index in [1.54, 1.807) is 6.92 Å². The molecule has 0 N–H and O–H groups in total. The van der Waals surface area contributed by atoms with Gasteiger partial charge in [0.25, 0.3) is 0 Å². The maximum atomic E-state index is 11.7. The van der Waals surface area contributed by atoms with Crippen molar-refractivity contribution < 1.29 is 146 Å². The molecule has 0 saturated carbocycles. The molecule has 0 aromatic carbocycles. The smallest absolute Gasteiger partial charge is 0.171 e. The molecule has 0 nitrogen and oxygen atoms in total. The second-order valence-electron chi connectivity index (χ2n) is 31.4. The van der Waals surface area contributed by atoms with Gasteiger partial charge in [-0.3, -0.25) is 0 Å². The molecule has 0 spiro atoms. The standard InChI is InChI=1S/2C6H8F6.2C6H11F3.4C6H14.C5H6F6.2C5H9F3.2C5H12.C4H7F3/c1-4(6(10,11)12)2-3-5(7,8)9;1-2-3-4(5(7,8)9)6(10,11)12;1-3-4-5(2)6(7,8)9;1-2-3-4-5-6(7,8)9;2*1-5-6(2,3)4;1-5(2)6(3)4;1-4-6(3)5-2;1-3(2,4(6,7)8)5(9,10)11;1-4(2,3)5(6,7)8;1-3-4(2)5(6,7)8;1-4-5(2)3;1-3-5-4-2;1-3(2)4(5,6)7/h2*4H,2-3H2,1H3;5H,3-4H2,1-2H3;2-5H2,1H3;2*5H2,1-4H3;5-6H,1-4H3;6H,4-5H2,1-3H3;1-2H3;1-3H3;4H,3H2,1-2H3;5H,4H2,1-3H3;3-5H2,1-2H3;3H,1-2H3/t4-;;5-;;;;;;;;;;;/m0.0.........../s1/i;;;;;;;;;;;;;3D. The second kappa shape index (κ2) is 66.7. The molecule has 0 aromatic heterocycles. The molecule has 0 bridgehead atoms. The Morgan fingerprint density at radius 1 is 0.264 bits per heavy atom. The molecule has 688 valence electrons. The molecular formula is C77H149F33. The molecule has 0 heterocycles. The number of hydrogen-bond donors (Lipinski definition) is 0. The van der Waals surface area contributed by atoms with Crippen LogP contribution in [0.25, 0.3) is 0 Å². The van der Waals surface area contributed by atoms with E-state index < -0.39 is 134 Å². The van der Waals surface area contributed by atoms with Gasteiger partial charge in [0.2, 0.25) is 0 Å². The van der Waals surface area contributed by atoms with Gasteiger partial charge in [0, 0.05) is 20.1 Å².